The van der Waals surface area contributed by atoms with Crippen molar-refractivity contribution in [3.63, 3.8) is 0 Å². The average Bonchev–Trinajstić information content (AvgIpc) is 3.66. The van der Waals surface area contributed by atoms with Gasteiger partial charge in [0.1, 0.15) is 23.7 Å². The van der Waals surface area contributed by atoms with E-state index >= 15 is 0 Å². The minimum absolute atomic E-state index is 0.0928. The second-order valence-electron chi connectivity index (χ2n) is 10.1. The summed E-state index contributed by atoms with van der Waals surface area (Å²) >= 11 is 0. The number of likely N-dealkylation sites (tertiary alicyclic amines) is 1. The van der Waals surface area contributed by atoms with Gasteiger partial charge in [0.2, 0.25) is 0 Å². The van der Waals surface area contributed by atoms with Crippen LogP contribution in [0.5, 0.6) is 11.5 Å². The third-order valence-electron chi connectivity index (χ3n) is 7.37. The molecule has 38 heavy (non-hydrogen) atoms. The number of piperidine rings is 1. The van der Waals surface area contributed by atoms with Crippen LogP contribution in [-0.2, 0) is 11.2 Å². The molecular formula is C28H41N7O3. The number of rotatable bonds is 12. The molecule has 1 unspecified atom stereocenters. The summed E-state index contributed by atoms with van der Waals surface area (Å²) in [6.07, 6.45) is 12.5. The van der Waals surface area contributed by atoms with Crippen LogP contribution >= 0.6 is 0 Å². The maximum Gasteiger partial charge on any atom is 0.267 e. The van der Waals surface area contributed by atoms with Crippen LogP contribution in [0.15, 0.2) is 41.3 Å². The number of benzene rings is 1. The maximum atomic E-state index is 13.4. The van der Waals surface area contributed by atoms with Crippen LogP contribution < -0.4 is 20.5 Å². The van der Waals surface area contributed by atoms with Crippen LogP contribution in [0.3, 0.4) is 0 Å². The van der Waals surface area contributed by atoms with Gasteiger partial charge in [-0.3, -0.25) is 14.9 Å². The Balaban J connectivity index is 1.55. The Hall–Kier alpha value is -3.40. The number of methoxy groups -OCH3 is 2. The summed E-state index contributed by atoms with van der Waals surface area (Å²) in [5.41, 5.74) is 7.80. The van der Waals surface area contributed by atoms with Crippen LogP contribution in [0, 0.1) is 0 Å². The summed E-state index contributed by atoms with van der Waals surface area (Å²) in [6.45, 7) is 3.12. The number of carbonyl (C=O) groups is 1. The smallest absolute Gasteiger partial charge is 0.267 e. The Morgan fingerprint density at radius 2 is 1.89 bits per heavy atom. The van der Waals surface area contributed by atoms with Crippen molar-refractivity contribution in [3.05, 3.63) is 47.7 Å². The van der Waals surface area contributed by atoms with E-state index in [4.69, 9.17) is 20.2 Å². The molecule has 0 bridgehead atoms. The number of nitrogens with zero attached hydrogens (tertiary/aromatic N) is 4. The molecule has 0 spiro atoms. The van der Waals surface area contributed by atoms with Crippen molar-refractivity contribution in [1.82, 2.24) is 25.4 Å². The molecule has 2 heterocycles. The minimum Gasteiger partial charge on any atom is -0.496 e. The quantitative estimate of drug-likeness (QED) is 0.288. The van der Waals surface area contributed by atoms with Gasteiger partial charge in [-0.05, 0) is 63.4 Å². The Bertz CT molecular complexity index is 1070. The number of H-pyrrole nitrogens is 1. The number of aromatic nitrogens is 3. The molecule has 1 amide bonds. The lowest BCUT2D eigenvalue weighted by atomic mass is 10.0. The molecule has 0 radical (unpaired) electrons. The minimum atomic E-state index is -0.332. The second kappa shape index (κ2) is 13.9. The van der Waals surface area contributed by atoms with Gasteiger partial charge in [0, 0.05) is 19.0 Å². The van der Waals surface area contributed by atoms with E-state index in [1.165, 1.54) is 25.6 Å². The molecule has 2 aromatic rings. The highest BCUT2D eigenvalue weighted by atomic mass is 16.5. The van der Waals surface area contributed by atoms with E-state index in [-0.39, 0.29) is 23.7 Å². The number of aliphatic imine (C=N–C) groups is 1. The zero-order valence-corrected chi connectivity index (χ0v) is 22.6. The maximum absolute atomic E-state index is 13.4. The molecule has 1 atom stereocenters. The van der Waals surface area contributed by atoms with Gasteiger partial charge in [0.15, 0.2) is 0 Å². The van der Waals surface area contributed by atoms with E-state index in [2.05, 4.69) is 25.4 Å². The lowest BCUT2D eigenvalue weighted by Crippen LogP contribution is -2.42. The molecule has 206 valence electrons. The number of hydrogen-bond acceptors (Lipinski definition) is 8. The SMILES string of the molecule is COc1cccc(OC)c1C(C=C(N)C(=O)NC(CCN1CCCCC1)Cc1ncn[nH]1)=NC1CCCC1. The Labute approximate surface area is 225 Å². The molecule has 10 nitrogen and oxygen atoms in total. The first-order valence-electron chi connectivity index (χ1n) is 13.7. The number of hydrogen-bond donors (Lipinski definition) is 3. The van der Waals surface area contributed by atoms with Crippen molar-refractivity contribution in [2.75, 3.05) is 33.9 Å². The predicted octanol–water partition coefficient (Wildman–Crippen LogP) is 3.00. The number of aromatic amines is 1. The van der Waals surface area contributed by atoms with E-state index in [0.29, 0.717) is 29.2 Å². The molecule has 10 heteroatoms. The number of ether oxygens (including phenoxy) is 2. The van der Waals surface area contributed by atoms with Crippen molar-refractivity contribution in [3.8, 4) is 11.5 Å². The first kappa shape index (κ1) is 27.6. The predicted molar refractivity (Wildman–Crippen MR) is 148 cm³/mol. The average molecular weight is 524 g/mol. The Morgan fingerprint density at radius 1 is 1.18 bits per heavy atom. The third-order valence-corrected chi connectivity index (χ3v) is 7.37. The largest absolute Gasteiger partial charge is 0.496 e. The van der Waals surface area contributed by atoms with Gasteiger partial charge in [-0.1, -0.05) is 25.3 Å². The van der Waals surface area contributed by atoms with Crippen LogP contribution in [0.25, 0.3) is 0 Å². The molecule has 4 rings (SSSR count). The fourth-order valence-electron chi connectivity index (χ4n) is 5.30. The number of nitrogens with one attached hydrogen (secondary N) is 2. The zero-order valence-electron chi connectivity index (χ0n) is 22.6. The third kappa shape index (κ3) is 7.56. The number of nitrogens with two attached hydrogens (primary N) is 1. The van der Waals surface area contributed by atoms with Crippen LogP contribution in [0.4, 0.5) is 0 Å². The Morgan fingerprint density at radius 3 is 2.53 bits per heavy atom. The fourth-order valence-corrected chi connectivity index (χ4v) is 5.30. The normalized spacial score (nSPS) is 18.4. The first-order valence-corrected chi connectivity index (χ1v) is 13.7. The van der Waals surface area contributed by atoms with Crippen LogP contribution in [0.1, 0.15) is 62.8 Å². The number of carbonyl (C=O) groups excluding carboxylic acids is 1. The van der Waals surface area contributed by atoms with Crippen molar-refractivity contribution >= 4 is 11.6 Å². The van der Waals surface area contributed by atoms with Gasteiger partial charge in [-0.25, -0.2) is 4.98 Å². The van der Waals surface area contributed by atoms with Crippen LogP contribution in [0.2, 0.25) is 0 Å². The lowest BCUT2D eigenvalue weighted by molar-refractivity contribution is -0.118. The highest BCUT2D eigenvalue weighted by Crippen LogP contribution is 2.31. The van der Waals surface area contributed by atoms with E-state index in [9.17, 15) is 4.79 Å². The van der Waals surface area contributed by atoms with Gasteiger partial charge in [-0.2, -0.15) is 5.10 Å². The van der Waals surface area contributed by atoms with Gasteiger partial charge in [0.25, 0.3) is 5.91 Å². The molecular weight excluding hydrogens is 482 g/mol. The van der Waals surface area contributed by atoms with E-state index in [1.807, 2.05) is 18.2 Å². The Kier molecular flexibility index (Phi) is 10.1. The molecule has 1 saturated heterocycles. The molecule has 4 N–H and O–H groups in total. The number of allylic oxidation sites excluding steroid dienone is 1. The first-order chi connectivity index (χ1) is 18.6. The lowest BCUT2D eigenvalue weighted by Gasteiger charge is -2.28. The summed E-state index contributed by atoms with van der Waals surface area (Å²) < 4.78 is 11.3. The fraction of sp³-hybridized carbons (Fsp3) is 0.571. The van der Waals surface area contributed by atoms with Crippen molar-refractivity contribution in [2.45, 2.75) is 69.9 Å². The highest BCUT2D eigenvalue weighted by molar-refractivity contribution is 6.15. The van der Waals surface area contributed by atoms with E-state index < -0.39 is 0 Å². The summed E-state index contributed by atoms with van der Waals surface area (Å²) in [5, 5.41) is 10.0. The molecule has 1 aliphatic carbocycles. The van der Waals surface area contributed by atoms with Gasteiger partial charge in [0.05, 0.1) is 37.2 Å². The molecule has 1 saturated carbocycles. The van der Waals surface area contributed by atoms with Crippen molar-refractivity contribution < 1.29 is 14.3 Å². The summed E-state index contributed by atoms with van der Waals surface area (Å²) in [7, 11) is 3.23. The molecule has 1 aromatic carbocycles. The molecule has 1 aromatic heterocycles. The van der Waals surface area contributed by atoms with Crippen LogP contribution in [-0.4, -0.2) is 77.6 Å². The summed E-state index contributed by atoms with van der Waals surface area (Å²) in [6, 6.07) is 5.63. The molecule has 2 aliphatic rings. The number of amides is 1. The topological polar surface area (TPSA) is 131 Å². The van der Waals surface area contributed by atoms with E-state index in [1.54, 1.807) is 20.3 Å². The van der Waals surface area contributed by atoms with Crippen molar-refractivity contribution in [1.29, 1.82) is 0 Å². The molecule has 2 fully saturated rings. The summed E-state index contributed by atoms with van der Waals surface area (Å²) in [5.74, 6) is 1.64. The van der Waals surface area contributed by atoms with Gasteiger partial charge >= 0.3 is 0 Å². The van der Waals surface area contributed by atoms with Crippen molar-refractivity contribution in [2.24, 2.45) is 10.7 Å². The summed E-state index contributed by atoms with van der Waals surface area (Å²) in [4.78, 5) is 25.1. The van der Waals surface area contributed by atoms with Gasteiger partial charge in [-0.15, -0.1) is 0 Å². The monoisotopic (exact) mass is 523 g/mol. The second-order valence-corrected chi connectivity index (χ2v) is 10.1. The van der Waals surface area contributed by atoms with Gasteiger partial charge < -0.3 is 25.4 Å². The zero-order chi connectivity index (χ0) is 26.7. The molecule has 1 aliphatic heterocycles. The highest BCUT2D eigenvalue weighted by Gasteiger charge is 2.22. The van der Waals surface area contributed by atoms with E-state index in [0.717, 1.165) is 57.6 Å². The standard InChI is InChI=1S/C28H41N7O3/c1-37-24-11-8-12-25(38-2)27(24)23(32-20-9-4-5-10-20)18-22(29)28(36)33-21(17-26-30-19-31-34-26)13-16-35-14-6-3-7-15-35/h8,11-12,18-21H,3-7,9-10,13-17,29H2,1-2H3,(H,33,36)(H,30,31,34).